The summed E-state index contributed by atoms with van der Waals surface area (Å²) in [5.74, 6) is 2.28. The summed E-state index contributed by atoms with van der Waals surface area (Å²) < 4.78 is 18.6. The van der Waals surface area contributed by atoms with Crippen molar-refractivity contribution in [3.63, 3.8) is 0 Å². The summed E-state index contributed by atoms with van der Waals surface area (Å²) in [6.45, 7) is 4.93. The van der Waals surface area contributed by atoms with Gasteiger partial charge < -0.3 is 19.5 Å². The highest BCUT2D eigenvalue weighted by Gasteiger charge is 2.36. The fraction of sp³-hybridized carbons (Fsp3) is 0.292. The van der Waals surface area contributed by atoms with Gasteiger partial charge in [-0.05, 0) is 37.1 Å². The van der Waals surface area contributed by atoms with E-state index in [0.29, 0.717) is 47.1 Å². The number of thioether (sulfide) groups is 1. The topological polar surface area (TPSA) is 87.5 Å². The molecule has 2 aliphatic rings. The molecule has 0 saturated carbocycles. The van der Waals surface area contributed by atoms with Crippen LogP contribution >= 0.6 is 11.8 Å². The molecule has 0 spiro atoms. The van der Waals surface area contributed by atoms with Gasteiger partial charge in [-0.15, -0.1) is 5.10 Å². The van der Waals surface area contributed by atoms with Gasteiger partial charge in [-0.3, -0.25) is 0 Å². The number of carbonyl (C=O) groups excluding carboxylic acids is 1. The van der Waals surface area contributed by atoms with Gasteiger partial charge >= 0.3 is 5.97 Å². The van der Waals surface area contributed by atoms with E-state index in [4.69, 9.17) is 19.3 Å². The van der Waals surface area contributed by atoms with Gasteiger partial charge in [-0.1, -0.05) is 48.2 Å². The van der Waals surface area contributed by atoms with Crippen molar-refractivity contribution in [1.82, 2.24) is 14.8 Å². The van der Waals surface area contributed by atoms with E-state index in [1.54, 1.807) is 23.4 Å². The molecule has 0 aliphatic carbocycles. The molecular formula is C24H24N4O4S. The van der Waals surface area contributed by atoms with Crippen molar-refractivity contribution in [3.8, 4) is 11.5 Å². The minimum Gasteiger partial charge on any atom is -0.486 e. The summed E-state index contributed by atoms with van der Waals surface area (Å²) >= 11 is 1.55. The van der Waals surface area contributed by atoms with Crippen LogP contribution in [0.1, 0.15) is 31.0 Å². The molecule has 3 heterocycles. The fourth-order valence-electron chi connectivity index (χ4n) is 3.93. The third kappa shape index (κ3) is 4.28. The number of carbonyl (C=O) groups is 1. The van der Waals surface area contributed by atoms with E-state index in [1.165, 1.54) is 5.56 Å². The van der Waals surface area contributed by atoms with E-state index in [0.717, 1.165) is 11.3 Å². The second-order valence-electron chi connectivity index (χ2n) is 7.63. The van der Waals surface area contributed by atoms with Crippen molar-refractivity contribution in [2.75, 3.05) is 25.1 Å². The van der Waals surface area contributed by atoms with Crippen LogP contribution in [0.15, 0.2) is 65.0 Å². The zero-order chi connectivity index (χ0) is 22.8. The van der Waals surface area contributed by atoms with E-state index < -0.39 is 6.04 Å². The number of fused-ring (bicyclic) bond motifs is 2. The van der Waals surface area contributed by atoms with Crippen LogP contribution in [0.4, 0.5) is 5.95 Å². The maximum absolute atomic E-state index is 13.0. The smallest absolute Gasteiger partial charge is 0.338 e. The van der Waals surface area contributed by atoms with Gasteiger partial charge in [-0.2, -0.15) is 4.98 Å². The number of hydrogen-bond acceptors (Lipinski definition) is 8. The molecule has 2 aliphatic heterocycles. The van der Waals surface area contributed by atoms with Crippen LogP contribution < -0.4 is 14.8 Å². The van der Waals surface area contributed by atoms with Crippen molar-refractivity contribution in [2.24, 2.45) is 0 Å². The average Bonchev–Trinajstić information content (AvgIpc) is 3.24. The van der Waals surface area contributed by atoms with Crippen LogP contribution in [-0.2, 0) is 15.3 Å². The Kier molecular flexibility index (Phi) is 5.95. The Balaban J connectivity index is 1.52. The minimum atomic E-state index is -0.505. The van der Waals surface area contributed by atoms with Crippen molar-refractivity contribution < 1.29 is 19.0 Å². The lowest BCUT2D eigenvalue weighted by atomic mass is 9.95. The summed E-state index contributed by atoms with van der Waals surface area (Å²) in [6.07, 6.45) is 0. The number of esters is 1. The largest absolute Gasteiger partial charge is 0.486 e. The minimum absolute atomic E-state index is 0.284. The maximum atomic E-state index is 13.0. The van der Waals surface area contributed by atoms with Gasteiger partial charge in [0.25, 0.3) is 0 Å². The van der Waals surface area contributed by atoms with E-state index in [9.17, 15) is 4.79 Å². The van der Waals surface area contributed by atoms with Gasteiger partial charge in [-0.25, -0.2) is 9.48 Å². The first-order chi connectivity index (χ1) is 16.1. The third-order valence-electron chi connectivity index (χ3n) is 5.42. The van der Waals surface area contributed by atoms with Crippen molar-refractivity contribution >= 4 is 23.7 Å². The van der Waals surface area contributed by atoms with E-state index in [-0.39, 0.29) is 12.6 Å². The maximum Gasteiger partial charge on any atom is 0.338 e. The Morgan fingerprint density at radius 2 is 1.97 bits per heavy atom. The molecule has 0 radical (unpaired) electrons. The third-order valence-corrected chi connectivity index (χ3v) is 6.33. The number of ether oxygens (including phenoxy) is 3. The molecule has 170 valence electrons. The molecule has 2 aromatic carbocycles. The molecule has 1 unspecified atom stereocenters. The van der Waals surface area contributed by atoms with Crippen LogP contribution in [0.2, 0.25) is 0 Å². The molecule has 8 nitrogen and oxygen atoms in total. The van der Waals surface area contributed by atoms with Crippen LogP contribution in [0, 0.1) is 0 Å². The predicted octanol–water partition coefficient (Wildman–Crippen LogP) is 4.19. The molecule has 5 rings (SSSR count). The average molecular weight is 465 g/mol. The first kappa shape index (κ1) is 21.4. The van der Waals surface area contributed by atoms with Crippen molar-refractivity contribution in [1.29, 1.82) is 0 Å². The molecule has 1 atom stereocenters. The lowest BCUT2D eigenvalue weighted by Crippen LogP contribution is -2.29. The van der Waals surface area contributed by atoms with E-state index >= 15 is 0 Å². The Labute approximate surface area is 195 Å². The Hall–Kier alpha value is -3.46. The zero-order valence-corrected chi connectivity index (χ0v) is 19.2. The number of allylic oxidation sites excluding steroid dienone is 1. The molecule has 1 aromatic heterocycles. The Morgan fingerprint density at radius 3 is 2.76 bits per heavy atom. The summed E-state index contributed by atoms with van der Waals surface area (Å²) in [4.78, 5) is 17.6. The Morgan fingerprint density at radius 1 is 1.18 bits per heavy atom. The number of nitrogens with one attached hydrogen (secondary N) is 1. The second kappa shape index (κ2) is 9.19. The molecule has 0 amide bonds. The highest BCUT2D eigenvalue weighted by Crippen LogP contribution is 2.40. The lowest BCUT2D eigenvalue weighted by Gasteiger charge is -2.29. The van der Waals surface area contributed by atoms with Gasteiger partial charge in [0.2, 0.25) is 11.1 Å². The summed E-state index contributed by atoms with van der Waals surface area (Å²) in [7, 11) is 0. The molecule has 33 heavy (non-hydrogen) atoms. The zero-order valence-electron chi connectivity index (χ0n) is 18.4. The Bertz CT molecular complexity index is 1210. The molecule has 0 saturated heterocycles. The van der Waals surface area contributed by atoms with Crippen LogP contribution in [-0.4, -0.2) is 40.6 Å². The standard InChI is InChI=1S/C24H24N4O4S/c1-3-30-22(29)20-15(2)25-23-26-24(33-14-16-7-5-4-6-8-16)27-28(23)21(20)17-9-10-18-19(13-17)32-12-11-31-18/h4-10,13,21H,3,11-12,14H2,1-2H3,(H,25,26,27). The van der Waals surface area contributed by atoms with Crippen LogP contribution in [0.5, 0.6) is 11.5 Å². The van der Waals surface area contributed by atoms with Crippen molar-refractivity contribution in [3.05, 3.63) is 70.9 Å². The van der Waals surface area contributed by atoms with Crippen molar-refractivity contribution in [2.45, 2.75) is 30.8 Å². The van der Waals surface area contributed by atoms with Gasteiger partial charge in [0.15, 0.2) is 11.5 Å². The number of aromatic nitrogens is 3. The van der Waals surface area contributed by atoms with Crippen LogP contribution in [0.3, 0.4) is 0 Å². The van der Waals surface area contributed by atoms with Gasteiger partial charge in [0, 0.05) is 11.4 Å². The number of benzene rings is 2. The summed E-state index contributed by atoms with van der Waals surface area (Å²) in [5.41, 5.74) is 3.21. The molecule has 0 fully saturated rings. The highest BCUT2D eigenvalue weighted by molar-refractivity contribution is 7.98. The number of anilines is 1. The number of hydrogen-bond donors (Lipinski definition) is 1. The lowest BCUT2D eigenvalue weighted by molar-refractivity contribution is -0.139. The molecule has 1 N–H and O–H groups in total. The molecular weight excluding hydrogens is 440 g/mol. The molecule has 3 aromatic rings. The van der Waals surface area contributed by atoms with Gasteiger partial charge in [0.1, 0.15) is 19.3 Å². The second-order valence-corrected chi connectivity index (χ2v) is 8.57. The first-order valence-electron chi connectivity index (χ1n) is 10.8. The van der Waals surface area contributed by atoms with Gasteiger partial charge in [0.05, 0.1) is 12.2 Å². The first-order valence-corrected chi connectivity index (χ1v) is 11.8. The monoisotopic (exact) mass is 464 g/mol. The summed E-state index contributed by atoms with van der Waals surface area (Å²) in [6, 6.07) is 15.4. The van der Waals surface area contributed by atoms with E-state index in [2.05, 4.69) is 22.4 Å². The SMILES string of the molecule is CCOC(=O)C1=C(C)Nc2nc(SCc3ccccc3)nn2C1c1ccc2c(c1)OCCO2. The number of rotatable bonds is 6. The predicted molar refractivity (Wildman–Crippen MR) is 125 cm³/mol. The van der Waals surface area contributed by atoms with E-state index in [1.807, 2.05) is 43.3 Å². The normalized spacial score (nSPS) is 16.7. The quantitative estimate of drug-likeness (QED) is 0.429. The molecule has 9 heteroatoms. The fourth-order valence-corrected chi connectivity index (χ4v) is 4.71. The summed E-state index contributed by atoms with van der Waals surface area (Å²) in [5, 5.41) is 8.61. The number of nitrogens with zero attached hydrogens (tertiary/aromatic N) is 3. The molecule has 0 bridgehead atoms. The highest BCUT2D eigenvalue weighted by atomic mass is 32.2. The van der Waals surface area contributed by atoms with Crippen LogP contribution in [0.25, 0.3) is 0 Å².